The molecule has 4 nitrogen and oxygen atoms in total. The minimum Gasteiger partial charge on any atom is -0.469 e. The Hall–Kier alpha value is -1.39. The van der Waals surface area contributed by atoms with Crippen LogP contribution in [0.2, 0.25) is 0 Å². The zero-order chi connectivity index (χ0) is 16.1. The van der Waals surface area contributed by atoms with Crippen LogP contribution < -0.4 is 0 Å². The lowest BCUT2D eigenvalue weighted by Gasteiger charge is -2.25. The summed E-state index contributed by atoms with van der Waals surface area (Å²) >= 11 is 0. The van der Waals surface area contributed by atoms with Crippen molar-refractivity contribution in [2.24, 2.45) is 17.8 Å². The molecule has 0 saturated carbocycles. The molecule has 1 aromatic carbocycles. The van der Waals surface area contributed by atoms with Gasteiger partial charge < -0.3 is 14.2 Å². The quantitative estimate of drug-likeness (QED) is 0.758. The molecule has 0 bridgehead atoms. The third-order valence-corrected chi connectivity index (χ3v) is 4.72. The Labute approximate surface area is 132 Å². The summed E-state index contributed by atoms with van der Waals surface area (Å²) < 4.78 is 16.4. The van der Waals surface area contributed by atoms with Crippen molar-refractivity contribution in [3.05, 3.63) is 35.9 Å². The predicted molar refractivity (Wildman–Crippen MR) is 84.3 cm³/mol. The lowest BCUT2D eigenvalue weighted by molar-refractivity contribution is -0.148. The fraction of sp³-hybridized carbons (Fsp3) is 0.611. The molecule has 0 aromatic heterocycles. The van der Waals surface area contributed by atoms with Crippen LogP contribution in [0.25, 0.3) is 0 Å². The van der Waals surface area contributed by atoms with E-state index in [1.165, 1.54) is 12.7 Å². The number of carbonyl (C=O) groups is 1. The van der Waals surface area contributed by atoms with E-state index >= 15 is 0 Å². The van der Waals surface area contributed by atoms with Gasteiger partial charge in [-0.2, -0.15) is 0 Å². The van der Waals surface area contributed by atoms with Gasteiger partial charge in [0.05, 0.1) is 19.1 Å². The van der Waals surface area contributed by atoms with E-state index < -0.39 is 0 Å². The van der Waals surface area contributed by atoms with Crippen molar-refractivity contribution in [2.75, 3.05) is 14.2 Å². The fourth-order valence-electron chi connectivity index (χ4n) is 3.51. The second kappa shape index (κ2) is 7.75. The molecule has 22 heavy (non-hydrogen) atoms. The largest absolute Gasteiger partial charge is 0.469 e. The van der Waals surface area contributed by atoms with Crippen LogP contribution in [0, 0.1) is 17.8 Å². The molecule has 5 atom stereocenters. The molecule has 0 aliphatic carbocycles. The van der Waals surface area contributed by atoms with E-state index in [-0.39, 0.29) is 36.1 Å². The normalized spacial score (nSPS) is 29.3. The van der Waals surface area contributed by atoms with Crippen LogP contribution in [0.3, 0.4) is 0 Å². The lowest BCUT2D eigenvalue weighted by Crippen LogP contribution is -2.32. The molecular formula is C18H26O4. The minimum atomic E-state index is -0.252. The smallest absolute Gasteiger partial charge is 0.308 e. The Balaban J connectivity index is 2.07. The van der Waals surface area contributed by atoms with E-state index in [1.807, 2.05) is 25.1 Å². The lowest BCUT2D eigenvalue weighted by atomic mass is 9.79. The second-order valence-corrected chi connectivity index (χ2v) is 6.05. The van der Waals surface area contributed by atoms with Crippen molar-refractivity contribution in [3.8, 4) is 0 Å². The molecule has 122 valence electrons. The van der Waals surface area contributed by atoms with Crippen molar-refractivity contribution >= 4 is 5.97 Å². The first-order valence-electron chi connectivity index (χ1n) is 7.88. The highest BCUT2D eigenvalue weighted by Crippen LogP contribution is 2.40. The average Bonchev–Trinajstić information content (AvgIpc) is 2.88. The molecule has 2 rings (SSSR count). The molecular weight excluding hydrogens is 280 g/mol. The van der Waals surface area contributed by atoms with Gasteiger partial charge in [-0.3, -0.25) is 4.79 Å². The van der Waals surface area contributed by atoms with Crippen molar-refractivity contribution in [1.29, 1.82) is 0 Å². The number of rotatable bonds is 6. The molecule has 0 unspecified atom stereocenters. The number of esters is 1. The molecule has 1 aromatic rings. The van der Waals surface area contributed by atoms with E-state index in [2.05, 4.69) is 19.1 Å². The van der Waals surface area contributed by atoms with Gasteiger partial charge in [-0.15, -0.1) is 0 Å². The van der Waals surface area contributed by atoms with E-state index in [1.54, 1.807) is 7.11 Å². The van der Waals surface area contributed by atoms with Crippen molar-refractivity contribution in [1.82, 2.24) is 0 Å². The number of aryl methyl sites for hydroxylation is 1. The highest BCUT2D eigenvalue weighted by Gasteiger charge is 2.46. The number of hydrogen-bond acceptors (Lipinski definition) is 4. The summed E-state index contributed by atoms with van der Waals surface area (Å²) in [6, 6.07) is 10.3. The molecule has 0 radical (unpaired) electrons. The third-order valence-electron chi connectivity index (χ3n) is 4.72. The number of carbonyl (C=O) groups excluding carboxylic acids is 1. The Kier molecular flexibility index (Phi) is 5.98. The van der Waals surface area contributed by atoms with Gasteiger partial charge in [-0.1, -0.05) is 44.2 Å². The number of methoxy groups -OCH3 is 2. The van der Waals surface area contributed by atoms with Gasteiger partial charge in [-0.25, -0.2) is 0 Å². The van der Waals surface area contributed by atoms with Gasteiger partial charge in [0, 0.05) is 18.9 Å². The molecule has 1 saturated heterocycles. The van der Waals surface area contributed by atoms with Gasteiger partial charge >= 0.3 is 5.97 Å². The summed E-state index contributed by atoms with van der Waals surface area (Å²) in [5.74, 6) is -0.0937. The maximum Gasteiger partial charge on any atom is 0.308 e. The Morgan fingerprint density at radius 3 is 2.55 bits per heavy atom. The zero-order valence-corrected chi connectivity index (χ0v) is 13.8. The number of benzene rings is 1. The van der Waals surface area contributed by atoms with Gasteiger partial charge in [0.25, 0.3) is 0 Å². The molecule has 4 heteroatoms. The molecule has 1 fully saturated rings. The summed E-state index contributed by atoms with van der Waals surface area (Å²) in [4.78, 5) is 11.9. The van der Waals surface area contributed by atoms with Crippen LogP contribution in [0.15, 0.2) is 30.3 Å². The van der Waals surface area contributed by atoms with E-state index in [9.17, 15) is 4.79 Å². The van der Waals surface area contributed by atoms with Gasteiger partial charge in [0.2, 0.25) is 0 Å². The molecule has 1 aliphatic rings. The highest BCUT2D eigenvalue weighted by atomic mass is 16.7. The molecule has 0 spiro atoms. The van der Waals surface area contributed by atoms with E-state index in [0.717, 1.165) is 12.8 Å². The zero-order valence-electron chi connectivity index (χ0n) is 13.8. The van der Waals surface area contributed by atoms with Crippen LogP contribution >= 0.6 is 0 Å². The summed E-state index contributed by atoms with van der Waals surface area (Å²) in [5.41, 5.74) is 1.28. The highest BCUT2D eigenvalue weighted by molar-refractivity contribution is 5.72. The van der Waals surface area contributed by atoms with Crippen LogP contribution in [-0.2, 0) is 25.4 Å². The molecule has 1 heterocycles. The van der Waals surface area contributed by atoms with Gasteiger partial charge in [0.1, 0.15) is 0 Å². The minimum absolute atomic E-state index is 0.00857. The van der Waals surface area contributed by atoms with Gasteiger partial charge in [-0.05, 0) is 18.4 Å². The maximum atomic E-state index is 11.9. The van der Waals surface area contributed by atoms with Crippen LogP contribution in [0.4, 0.5) is 0 Å². The van der Waals surface area contributed by atoms with Gasteiger partial charge in [0.15, 0.2) is 6.29 Å². The monoisotopic (exact) mass is 306 g/mol. The molecule has 0 amide bonds. The Bertz CT molecular complexity index is 473. The van der Waals surface area contributed by atoms with Crippen molar-refractivity contribution < 1.29 is 19.0 Å². The van der Waals surface area contributed by atoms with Crippen molar-refractivity contribution in [2.45, 2.75) is 39.1 Å². The Morgan fingerprint density at radius 2 is 1.95 bits per heavy atom. The molecule has 0 N–H and O–H groups in total. The Morgan fingerprint density at radius 1 is 1.27 bits per heavy atom. The average molecular weight is 306 g/mol. The standard InChI is InChI=1S/C18H26O4/c1-12(17(19)20-3)16-13(2)18(21-4)22-15(16)11-10-14-8-6-5-7-9-14/h5-9,12-13,15-16,18H,10-11H2,1-4H3/t12-,13-,15-,16+,18+/m1/s1. The topological polar surface area (TPSA) is 44.8 Å². The maximum absolute atomic E-state index is 11.9. The molecule has 1 aliphatic heterocycles. The first-order valence-corrected chi connectivity index (χ1v) is 7.88. The summed E-state index contributed by atoms with van der Waals surface area (Å²) in [5, 5.41) is 0. The van der Waals surface area contributed by atoms with Crippen LogP contribution in [0.1, 0.15) is 25.8 Å². The van der Waals surface area contributed by atoms with E-state index in [0.29, 0.717) is 0 Å². The fourth-order valence-corrected chi connectivity index (χ4v) is 3.51. The SMILES string of the molecule is COC(=O)[C@H](C)[C@H]1[C@@H](C)[C@@H](OC)O[C@@H]1CCc1ccccc1. The third kappa shape index (κ3) is 3.68. The van der Waals surface area contributed by atoms with Crippen LogP contribution in [-0.4, -0.2) is 32.6 Å². The second-order valence-electron chi connectivity index (χ2n) is 6.05. The van der Waals surface area contributed by atoms with Crippen LogP contribution in [0.5, 0.6) is 0 Å². The predicted octanol–water partition coefficient (Wildman–Crippen LogP) is 3.05. The first-order chi connectivity index (χ1) is 10.6. The summed E-state index contributed by atoms with van der Waals surface area (Å²) in [7, 11) is 3.09. The number of ether oxygens (including phenoxy) is 3. The summed E-state index contributed by atoms with van der Waals surface area (Å²) in [6.07, 6.45) is 1.56. The van der Waals surface area contributed by atoms with E-state index in [4.69, 9.17) is 14.2 Å². The summed E-state index contributed by atoms with van der Waals surface area (Å²) in [6.45, 7) is 4.00. The number of hydrogen-bond donors (Lipinski definition) is 0. The van der Waals surface area contributed by atoms with Crippen molar-refractivity contribution in [3.63, 3.8) is 0 Å². The first kappa shape index (κ1) is 17.0.